The molecule has 0 aromatic heterocycles. The van der Waals surface area contributed by atoms with Crippen LogP contribution in [-0.4, -0.2) is 6.36 Å². The fraction of sp³-hybridized carbons (Fsp3) is 0.0667. The molecule has 0 heterocycles. The van der Waals surface area contributed by atoms with Gasteiger partial charge in [-0.2, -0.15) is 0 Å². The van der Waals surface area contributed by atoms with E-state index in [0.717, 1.165) is 0 Å². The van der Waals surface area contributed by atoms with Gasteiger partial charge in [-0.05, 0) is 29.3 Å². The highest BCUT2D eigenvalue weighted by atomic mass is 19.4. The van der Waals surface area contributed by atoms with Crippen LogP contribution in [0.3, 0.4) is 0 Å². The van der Waals surface area contributed by atoms with Crippen molar-refractivity contribution in [2.75, 3.05) is 0 Å². The summed E-state index contributed by atoms with van der Waals surface area (Å²) in [6, 6.07) is 9.80. The van der Waals surface area contributed by atoms with E-state index in [1.807, 2.05) is 0 Å². The van der Waals surface area contributed by atoms with Crippen molar-refractivity contribution in [3.63, 3.8) is 0 Å². The summed E-state index contributed by atoms with van der Waals surface area (Å²) in [7, 11) is 0. The molecule has 2 aromatic carbocycles. The summed E-state index contributed by atoms with van der Waals surface area (Å²) >= 11 is 0. The lowest BCUT2D eigenvalue weighted by Gasteiger charge is -2.13. The third-order valence-electron chi connectivity index (χ3n) is 2.62. The Labute approximate surface area is 113 Å². The predicted octanol–water partition coefficient (Wildman–Crippen LogP) is 5.03. The van der Waals surface area contributed by atoms with Crippen LogP contribution in [0.4, 0.5) is 17.6 Å². The van der Waals surface area contributed by atoms with Gasteiger partial charge in [-0.3, -0.25) is 0 Å². The van der Waals surface area contributed by atoms with Gasteiger partial charge in [0, 0.05) is 5.56 Å². The summed E-state index contributed by atoms with van der Waals surface area (Å²) in [5.41, 5.74) is 1.10. The van der Waals surface area contributed by atoms with Crippen LogP contribution in [0.25, 0.3) is 17.2 Å². The zero-order valence-corrected chi connectivity index (χ0v) is 10.2. The molecule has 1 nitrogen and oxygen atoms in total. The molecule has 0 bridgehead atoms. The smallest absolute Gasteiger partial charge is 0.405 e. The second-order valence-corrected chi connectivity index (χ2v) is 4.01. The topological polar surface area (TPSA) is 9.23 Å². The fourth-order valence-electron chi connectivity index (χ4n) is 1.76. The first-order chi connectivity index (χ1) is 9.39. The van der Waals surface area contributed by atoms with E-state index < -0.39 is 12.2 Å². The van der Waals surface area contributed by atoms with Gasteiger partial charge in [0.2, 0.25) is 0 Å². The van der Waals surface area contributed by atoms with E-state index in [1.54, 1.807) is 12.1 Å². The number of rotatable bonds is 3. The molecule has 0 aliphatic heterocycles. The van der Waals surface area contributed by atoms with Gasteiger partial charge in [0.1, 0.15) is 11.6 Å². The Morgan fingerprint density at radius 3 is 2.30 bits per heavy atom. The molecule has 2 rings (SSSR count). The van der Waals surface area contributed by atoms with E-state index in [9.17, 15) is 17.6 Å². The number of hydrogen-bond donors (Lipinski definition) is 0. The molecule has 0 fully saturated rings. The molecule has 0 aliphatic rings. The maximum Gasteiger partial charge on any atom is 0.573 e. The fourth-order valence-corrected chi connectivity index (χ4v) is 1.76. The second-order valence-electron chi connectivity index (χ2n) is 4.01. The molecule has 0 aliphatic carbocycles. The highest BCUT2D eigenvalue weighted by molar-refractivity contribution is 5.69. The molecule has 0 saturated carbocycles. The van der Waals surface area contributed by atoms with Crippen LogP contribution >= 0.6 is 0 Å². The zero-order chi connectivity index (χ0) is 14.8. The van der Waals surface area contributed by atoms with Gasteiger partial charge >= 0.3 is 6.36 Å². The molecule has 2 aromatic rings. The monoisotopic (exact) mass is 282 g/mol. The van der Waals surface area contributed by atoms with E-state index in [4.69, 9.17) is 0 Å². The van der Waals surface area contributed by atoms with Crippen molar-refractivity contribution in [1.82, 2.24) is 0 Å². The van der Waals surface area contributed by atoms with Gasteiger partial charge < -0.3 is 4.74 Å². The van der Waals surface area contributed by atoms with Crippen LogP contribution in [0.2, 0.25) is 0 Å². The Hall–Kier alpha value is -2.30. The largest absolute Gasteiger partial charge is 0.573 e. The Morgan fingerprint density at radius 2 is 1.70 bits per heavy atom. The molecule has 5 heteroatoms. The van der Waals surface area contributed by atoms with E-state index in [0.29, 0.717) is 11.1 Å². The highest BCUT2D eigenvalue weighted by Gasteiger charge is 2.32. The van der Waals surface area contributed by atoms with E-state index >= 15 is 0 Å². The van der Waals surface area contributed by atoms with Gasteiger partial charge in [0.15, 0.2) is 0 Å². The maximum atomic E-state index is 13.1. The molecule has 0 N–H and O–H groups in total. The molecule has 20 heavy (non-hydrogen) atoms. The van der Waals surface area contributed by atoms with Crippen molar-refractivity contribution in [2.45, 2.75) is 6.36 Å². The SMILES string of the molecule is C=Cc1ccc(-c2cccc(F)c2)cc1OC(F)(F)F. The third-order valence-corrected chi connectivity index (χ3v) is 2.62. The molecule has 104 valence electrons. The Balaban J connectivity index is 2.46. The maximum absolute atomic E-state index is 13.1. The summed E-state index contributed by atoms with van der Waals surface area (Å²) in [5, 5.41) is 0. The first kappa shape index (κ1) is 14.1. The van der Waals surface area contributed by atoms with E-state index in [2.05, 4.69) is 11.3 Å². The normalized spacial score (nSPS) is 11.2. The van der Waals surface area contributed by atoms with Crippen LogP contribution in [0.5, 0.6) is 5.75 Å². The van der Waals surface area contributed by atoms with Gasteiger partial charge in [-0.25, -0.2) is 4.39 Å². The average molecular weight is 282 g/mol. The molecular weight excluding hydrogens is 272 g/mol. The number of benzene rings is 2. The lowest BCUT2D eigenvalue weighted by Crippen LogP contribution is -2.17. The Kier molecular flexibility index (Phi) is 3.79. The lowest BCUT2D eigenvalue weighted by molar-refractivity contribution is -0.274. The highest BCUT2D eigenvalue weighted by Crippen LogP contribution is 2.32. The summed E-state index contributed by atoms with van der Waals surface area (Å²) in [5.74, 6) is -0.831. The molecular formula is C15H10F4O. The van der Waals surface area contributed by atoms with E-state index in [1.165, 1.54) is 36.4 Å². The number of hydrogen-bond acceptors (Lipinski definition) is 1. The minimum Gasteiger partial charge on any atom is -0.405 e. The van der Waals surface area contributed by atoms with Crippen LogP contribution in [-0.2, 0) is 0 Å². The van der Waals surface area contributed by atoms with Crippen molar-refractivity contribution < 1.29 is 22.3 Å². The quantitative estimate of drug-likeness (QED) is 0.717. The van der Waals surface area contributed by atoms with Crippen LogP contribution in [0, 0.1) is 5.82 Å². The average Bonchev–Trinajstić information content (AvgIpc) is 2.37. The molecule has 0 spiro atoms. The lowest BCUT2D eigenvalue weighted by atomic mass is 10.0. The first-order valence-electron chi connectivity index (χ1n) is 5.67. The summed E-state index contributed by atoms with van der Waals surface area (Å²) in [6.07, 6.45) is -3.53. The van der Waals surface area contributed by atoms with Crippen LogP contribution < -0.4 is 4.74 Å². The van der Waals surface area contributed by atoms with Crippen LogP contribution in [0.15, 0.2) is 49.0 Å². The van der Waals surface area contributed by atoms with Crippen molar-refractivity contribution in [3.8, 4) is 16.9 Å². The molecule has 0 amide bonds. The van der Waals surface area contributed by atoms with Crippen molar-refractivity contribution in [2.24, 2.45) is 0 Å². The number of ether oxygens (including phenoxy) is 1. The molecule has 0 radical (unpaired) electrons. The van der Waals surface area contributed by atoms with E-state index in [-0.39, 0.29) is 11.3 Å². The predicted molar refractivity (Wildman–Crippen MR) is 68.6 cm³/mol. The summed E-state index contributed by atoms with van der Waals surface area (Å²) in [6.45, 7) is 3.43. The van der Waals surface area contributed by atoms with Crippen molar-refractivity contribution in [1.29, 1.82) is 0 Å². The minimum absolute atomic E-state index is 0.211. The molecule has 0 unspecified atom stereocenters. The second kappa shape index (κ2) is 5.36. The van der Waals surface area contributed by atoms with Gasteiger partial charge in [-0.15, -0.1) is 13.2 Å². The third kappa shape index (κ3) is 3.38. The number of alkyl halides is 3. The molecule has 0 saturated heterocycles. The standard InChI is InChI=1S/C15H10F4O/c1-2-10-6-7-12(9-14(10)20-15(17,18)19)11-4-3-5-13(16)8-11/h2-9H,1H2. The zero-order valence-electron chi connectivity index (χ0n) is 10.2. The first-order valence-corrected chi connectivity index (χ1v) is 5.67. The van der Waals surface area contributed by atoms with Crippen molar-refractivity contribution >= 4 is 6.08 Å². The van der Waals surface area contributed by atoms with Gasteiger partial charge in [-0.1, -0.05) is 36.9 Å². The summed E-state index contributed by atoms with van der Waals surface area (Å²) < 4.78 is 54.1. The van der Waals surface area contributed by atoms with Crippen molar-refractivity contribution in [3.05, 3.63) is 60.4 Å². The van der Waals surface area contributed by atoms with Gasteiger partial charge in [0.25, 0.3) is 0 Å². The molecule has 0 atom stereocenters. The van der Waals surface area contributed by atoms with Gasteiger partial charge in [0.05, 0.1) is 0 Å². The summed E-state index contributed by atoms with van der Waals surface area (Å²) in [4.78, 5) is 0. The minimum atomic E-state index is -4.79. The Bertz CT molecular complexity index is 632. The van der Waals surface area contributed by atoms with Crippen LogP contribution in [0.1, 0.15) is 5.56 Å². The Morgan fingerprint density at radius 1 is 1.00 bits per heavy atom. The number of halogens is 4.